The third kappa shape index (κ3) is 4.71. The summed E-state index contributed by atoms with van der Waals surface area (Å²) in [5, 5.41) is 0. The second-order valence-corrected chi connectivity index (χ2v) is 7.79. The van der Waals surface area contributed by atoms with Crippen LogP contribution in [-0.4, -0.2) is 47.5 Å². The van der Waals surface area contributed by atoms with Crippen LogP contribution in [0.4, 0.5) is 4.39 Å². The van der Waals surface area contributed by atoms with Crippen LogP contribution >= 0.6 is 0 Å². The van der Waals surface area contributed by atoms with E-state index in [2.05, 4.69) is 18.7 Å². The van der Waals surface area contributed by atoms with Crippen LogP contribution in [-0.2, 0) is 11.3 Å². The van der Waals surface area contributed by atoms with Gasteiger partial charge >= 0.3 is 0 Å². The van der Waals surface area contributed by atoms with Gasteiger partial charge in [0, 0.05) is 31.7 Å². The summed E-state index contributed by atoms with van der Waals surface area (Å²) in [6.07, 6.45) is 0. The van der Waals surface area contributed by atoms with Crippen LogP contribution in [0, 0.1) is 19.7 Å². The second-order valence-electron chi connectivity index (χ2n) is 7.79. The molecular formula is C23H29FN2O2. The Morgan fingerprint density at radius 3 is 2.50 bits per heavy atom. The molecule has 0 aliphatic carbocycles. The minimum absolute atomic E-state index is 0.0155. The third-order valence-corrected chi connectivity index (χ3v) is 5.64. The SMILES string of the molecule is Cc1cccc(OCC(=O)N2CC(C)N(Cc3ccc(F)cc3)CC2C)c1C. The summed E-state index contributed by atoms with van der Waals surface area (Å²) in [6, 6.07) is 12.8. The van der Waals surface area contributed by atoms with Crippen molar-refractivity contribution in [3.05, 3.63) is 65.0 Å². The number of carbonyl (C=O) groups is 1. The van der Waals surface area contributed by atoms with Crippen LogP contribution < -0.4 is 4.74 Å². The second kappa shape index (κ2) is 8.74. The molecule has 1 fully saturated rings. The molecule has 1 saturated heterocycles. The Bertz CT molecular complexity index is 822. The van der Waals surface area contributed by atoms with Crippen molar-refractivity contribution >= 4 is 5.91 Å². The van der Waals surface area contributed by atoms with Crippen molar-refractivity contribution in [3.63, 3.8) is 0 Å². The van der Waals surface area contributed by atoms with Crippen LogP contribution in [0.2, 0.25) is 0 Å². The molecule has 2 aromatic carbocycles. The Hall–Kier alpha value is -2.40. The van der Waals surface area contributed by atoms with Crippen molar-refractivity contribution in [3.8, 4) is 5.75 Å². The molecule has 0 N–H and O–H groups in total. The number of nitrogens with zero attached hydrogens (tertiary/aromatic N) is 2. The highest BCUT2D eigenvalue weighted by molar-refractivity contribution is 5.78. The summed E-state index contributed by atoms with van der Waals surface area (Å²) in [6.45, 7) is 10.5. The molecule has 0 saturated carbocycles. The molecule has 150 valence electrons. The quantitative estimate of drug-likeness (QED) is 0.783. The number of aryl methyl sites for hydroxylation is 1. The first-order chi connectivity index (χ1) is 13.3. The standard InChI is InChI=1S/C23H29FN2O2/c1-16-6-5-7-22(19(16)4)28-15-23(27)26-13-17(2)25(12-18(26)3)14-20-8-10-21(24)11-9-20/h5-11,17-18H,12-15H2,1-4H3. The minimum Gasteiger partial charge on any atom is -0.483 e. The molecule has 1 aliphatic rings. The lowest BCUT2D eigenvalue weighted by atomic mass is 10.1. The summed E-state index contributed by atoms with van der Waals surface area (Å²) in [5.74, 6) is 0.565. The molecule has 0 spiro atoms. The Balaban J connectivity index is 1.57. The topological polar surface area (TPSA) is 32.8 Å². The maximum absolute atomic E-state index is 13.1. The van der Waals surface area contributed by atoms with Gasteiger partial charge in [0.2, 0.25) is 0 Å². The van der Waals surface area contributed by atoms with E-state index in [1.165, 1.54) is 12.1 Å². The first-order valence-electron chi connectivity index (χ1n) is 9.82. The molecule has 1 amide bonds. The van der Waals surface area contributed by atoms with Crippen molar-refractivity contribution in [2.24, 2.45) is 0 Å². The van der Waals surface area contributed by atoms with E-state index in [0.717, 1.165) is 35.5 Å². The normalized spacial score (nSPS) is 20.2. The summed E-state index contributed by atoms with van der Waals surface area (Å²) in [5.41, 5.74) is 3.31. The highest BCUT2D eigenvalue weighted by atomic mass is 19.1. The fourth-order valence-electron chi connectivity index (χ4n) is 3.69. The van der Waals surface area contributed by atoms with Gasteiger partial charge in [0.25, 0.3) is 5.91 Å². The molecule has 2 unspecified atom stereocenters. The van der Waals surface area contributed by atoms with Crippen LogP contribution in [0.5, 0.6) is 5.75 Å². The number of carbonyl (C=O) groups excluding carboxylic acids is 1. The summed E-state index contributed by atoms with van der Waals surface area (Å²) >= 11 is 0. The van der Waals surface area contributed by atoms with E-state index >= 15 is 0 Å². The minimum atomic E-state index is -0.218. The molecular weight excluding hydrogens is 355 g/mol. The number of amides is 1. The predicted octanol–water partition coefficient (Wildman–Crippen LogP) is 3.94. The Morgan fingerprint density at radius 2 is 1.79 bits per heavy atom. The van der Waals surface area contributed by atoms with E-state index in [-0.39, 0.29) is 30.4 Å². The number of piperazine rings is 1. The fourth-order valence-corrected chi connectivity index (χ4v) is 3.69. The summed E-state index contributed by atoms with van der Waals surface area (Å²) in [4.78, 5) is 17.0. The largest absolute Gasteiger partial charge is 0.483 e. The molecule has 28 heavy (non-hydrogen) atoms. The number of hydrogen-bond acceptors (Lipinski definition) is 3. The van der Waals surface area contributed by atoms with E-state index in [1.54, 1.807) is 0 Å². The number of benzene rings is 2. The zero-order valence-corrected chi connectivity index (χ0v) is 17.1. The fraction of sp³-hybridized carbons (Fsp3) is 0.435. The lowest BCUT2D eigenvalue weighted by molar-refractivity contribution is -0.139. The van der Waals surface area contributed by atoms with Gasteiger partial charge in [-0.05, 0) is 62.6 Å². The molecule has 5 heteroatoms. The lowest BCUT2D eigenvalue weighted by Gasteiger charge is -2.44. The maximum atomic E-state index is 13.1. The monoisotopic (exact) mass is 384 g/mol. The number of halogens is 1. The summed E-state index contributed by atoms with van der Waals surface area (Å²) in [7, 11) is 0. The van der Waals surface area contributed by atoms with E-state index in [0.29, 0.717) is 6.54 Å². The van der Waals surface area contributed by atoms with Gasteiger partial charge < -0.3 is 9.64 Å². The van der Waals surface area contributed by atoms with E-state index < -0.39 is 0 Å². The maximum Gasteiger partial charge on any atom is 0.260 e. The van der Waals surface area contributed by atoms with Crippen molar-refractivity contribution in [1.82, 2.24) is 9.80 Å². The number of ether oxygens (including phenoxy) is 1. The van der Waals surface area contributed by atoms with E-state index in [4.69, 9.17) is 4.74 Å². The molecule has 3 rings (SSSR count). The zero-order valence-electron chi connectivity index (χ0n) is 17.1. The Kier molecular flexibility index (Phi) is 6.35. The highest BCUT2D eigenvalue weighted by Crippen LogP contribution is 2.22. The molecule has 4 nitrogen and oxygen atoms in total. The molecule has 0 aromatic heterocycles. The van der Waals surface area contributed by atoms with Crippen molar-refractivity contribution in [2.45, 2.75) is 46.3 Å². The zero-order chi connectivity index (χ0) is 20.3. The first-order valence-corrected chi connectivity index (χ1v) is 9.82. The third-order valence-electron chi connectivity index (χ3n) is 5.64. The van der Waals surface area contributed by atoms with Gasteiger partial charge in [-0.3, -0.25) is 9.69 Å². The Labute approximate surface area is 166 Å². The molecule has 2 aromatic rings. The predicted molar refractivity (Wildman–Crippen MR) is 109 cm³/mol. The smallest absolute Gasteiger partial charge is 0.260 e. The van der Waals surface area contributed by atoms with Crippen LogP contribution in [0.3, 0.4) is 0 Å². The highest BCUT2D eigenvalue weighted by Gasteiger charge is 2.32. The molecule has 2 atom stereocenters. The number of rotatable bonds is 5. The van der Waals surface area contributed by atoms with Gasteiger partial charge in [-0.15, -0.1) is 0 Å². The average Bonchev–Trinajstić information content (AvgIpc) is 2.67. The Morgan fingerprint density at radius 1 is 1.07 bits per heavy atom. The van der Waals surface area contributed by atoms with E-state index in [1.807, 2.05) is 49.1 Å². The summed E-state index contributed by atoms with van der Waals surface area (Å²) < 4.78 is 18.9. The van der Waals surface area contributed by atoms with Crippen LogP contribution in [0.1, 0.15) is 30.5 Å². The number of hydrogen-bond donors (Lipinski definition) is 0. The van der Waals surface area contributed by atoms with Gasteiger partial charge in [0.1, 0.15) is 11.6 Å². The van der Waals surface area contributed by atoms with Crippen molar-refractivity contribution in [1.29, 1.82) is 0 Å². The van der Waals surface area contributed by atoms with Crippen LogP contribution in [0.15, 0.2) is 42.5 Å². The van der Waals surface area contributed by atoms with Crippen LogP contribution in [0.25, 0.3) is 0 Å². The van der Waals surface area contributed by atoms with Gasteiger partial charge in [-0.25, -0.2) is 4.39 Å². The van der Waals surface area contributed by atoms with Gasteiger partial charge in [-0.2, -0.15) is 0 Å². The van der Waals surface area contributed by atoms with Gasteiger partial charge in [-0.1, -0.05) is 24.3 Å². The molecule has 0 radical (unpaired) electrons. The first kappa shape index (κ1) is 20.3. The van der Waals surface area contributed by atoms with E-state index in [9.17, 15) is 9.18 Å². The lowest BCUT2D eigenvalue weighted by Crippen LogP contribution is -2.58. The van der Waals surface area contributed by atoms with Gasteiger partial charge in [0.15, 0.2) is 6.61 Å². The average molecular weight is 384 g/mol. The van der Waals surface area contributed by atoms with Gasteiger partial charge in [0.05, 0.1) is 0 Å². The molecule has 1 heterocycles. The molecule has 0 bridgehead atoms. The van der Waals surface area contributed by atoms with Crippen molar-refractivity contribution in [2.75, 3.05) is 19.7 Å². The molecule has 1 aliphatic heterocycles. The van der Waals surface area contributed by atoms with Crippen molar-refractivity contribution < 1.29 is 13.9 Å².